The second-order valence-electron chi connectivity index (χ2n) is 3.36. The summed E-state index contributed by atoms with van der Waals surface area (Å²) < 4.78 is 40.5. The van der Waals surface area contributed by atoms with Crippen molar-refractivity contribution in [3.05, 3.63) is 28.1 Å². The van der Waals surface area contributed by atoms with Gasteiger partial charge in [-0.2, -0.15) is 0 Å². The zero-order chi connectivity index (χ0) is 14.6. The Morgan fingerprint density at radius 2 is 2.16 bits per heavy atom. The number of rotatable bonds is 5. The topological polar surface area (TPSA) is 113 Å². The number of ether oxygens (including phenoxy) is 1. The van der Waals surface area contributed by atoms with Crippen molar-refractivity contribution in [2.75, 3.05) is 6.61 Å². The minimum absolute atomic E-state index is 0.0640. The van der Waals surface area contributed by atoms with E-state index in [4.69, 9.17) is 16.3 Å². The van der Waals surface area contributed by atoms with Crippen molar-refractivity contribution < 1.29 is 22.5 Å². The molecule has 0 saturated carbocycles. The van der Waals surface area contributed by atoms with E-state index < -0.39 is 37.1 Å². The Labute approximate surface area is 108 Å². The molecule has 0 aliphatic rings. The lowest BCUT2D eigenvalue weighted by Crippen LogP contribution is -2.15. The highest BCUT2D eigenvalue weighted by Gasteiger charge is 2.24. The highest BCUT2D eigenvalue weighted by atomic mass is 32.2. The van der Waals surface area contributed by atoms with Crippen molar-refractivity contribution in [1.29, 1.82) is 0 Å². The summed E-state index contributed by atoms with van der Waals surface area (Å²) >= 11 is 0. The first-order valence-corrected chi connectivity index (χ1v) is 6.39. The molecule has 0 unspecified atom stereocenters. The second kappa shape index (κ2) is 5.64. The standard InChI is InChI=1S/C10H9FN2O5S/c1-2-3-4-18-9-5-7(11)10(19(12,16)17)6-8(9)13(14)15/h1,5-6H,3-4H2,(H2,12,16,17). The first-order chi connectivity index (χ1) is 8.77. The van der Waals surface area contributed by atoms with Crippen LogP contribution in [0.4, 0.5) is 10.1 Å². The maximum absolute atomic E-state index is 13.5. The van der Waals surface area contributed by atoms with E-state index in [0.29, 0.717) is 12.1 Å². The minimum atomic E-state index is -4.40. The summed E-state index contributed by atoms with van der Waals surface area (Å²) in [6, 6.07) is 1.10. The number of terminal acetylenes is 1. The third-order valence-electron chi connectivity index (χ3n) is 2.02. The second-order valence-corrected chi connectivity index (χ2v) is 4.88. The average molecular weight is 288 g/mol. The average Bonchev–Trinajstić information content (AvgIpc) is 2.27. The fraction of sp³-hybridized carbons (Fsp3) is 0.200. The molecule has 0 radical (unpaired) electrons. The van der Waals surface area contributed by atoms with Crippen molar-refractivity contribution >= 4 is 15.7 Å². The molecule has 0 amide bonds. The highest BCUT2D eigenvalue weighted by molar-refractivity contribution is 7.89. The van der Waals surface area contributed by atoms with Crippen molar-refractivity contribution in [2.24, 2.45) is 5.14 Å². The van der Waals surface area contributed by atoms with Crippen LogP contribution in [-0.4, -0.2) is 19.9 Å². The zero-order valence-electron chi connectivity index (χ0n) is 9.50. The van der Waals surface area contributed by atoms with E-state index in [1.54, 1.807) is 0 Å². The van der Waals surface area contributed by atoms with Crippen LogP contribution in [0, 0.1) is 28.3 Å². The molecule has 19 heavy (non-hydrogen) atoms. The molecule has 102 valence electrons. The lowest BCUT2D eigenvalue weighted by atomic mass is 10.3. The molecule has 1 rings (SSSR count). The van der Waals surface area contributed by atoms with Gasteiger partial charge in [0, 0.05) is 18.6 Å². The zero-order valence-corrected chi connectivity index (χ0v) is 10.3. The van der Waals surface area contributed by atoms with Gasteiger partial charge in [-0.1, -0.05) is 0 Å². The molecule has 0 aromatic heterocycles. The summed E-state index contributed by atoms with van der Waals surface area (Å²) in [6.45, 7) is -0.0640. The predicted octanol–water partition coefficient (Wildman–Crippen LogP) is 0.783. The molecule has 0 spiro atoms. The number of primary sulfonamides is 1. The largest absolute Gasteiger partial charge is 0.486 e. The Bertz CT molecular complexity index is 651. The molecule has 0 atom stereocenters. The van der Waals surface area contributed by atoms with Crippen molar-refractivity contribution in [3.8, 4) is 18.1 Å². The molecule has 0 aliphatic carbocycles. The number of hydrogen-bond acceptors (Lipinski definition) is 5. The van der Waals surface area contributed by atoms with E-state index in [1.807, 2.05) is 0 Å². The number of nitrogens with zero attached hydrogens (tertiary/aromatic N) is 1. The van der Waals surface area contributed by atoms with E-state index in [9.17, 15) is 22.9 Å². The number of benzene rings is 1. The van der Waals surface area contributed by atoms with Gasteiger partial charge in [-0.15, -0.1) is 12.3 Å². The first-order valence-electron chi connectivity index (χ1n) is 4.84. The van der Waals surface area contributed by atoms with Gasteiger partial charge in [0.15, 0.2) is 5.75 Å². The van der Waals surface area contributed by atoms with Gasteiger partial charge in [0.2, 0.25) is 10.0 Å². The van der Waals surface area contributed by atoms with E-state index >= 15 is 0 Å². The molecule has 1 aromatic rings. The quantitative estimate of drug-likeness (QED) is 0.372. The highest BCUT2D eigenvalue weighted by Crippen LogP contribution is 2.31. The molecule has 0 aliphatic heterocycles. The predicted molar refractivity (Wildman–Crippen MR) is 63.4 cm³/mol. The monoisotopic (exact) mass is 288 g/mol. The van der Waals surface area contributed by atoms with Crippen LogP contribution in [0.3, 0.4) is 0 Å². The van der Waals surface area contributed by atoms with Gasteiger partial charge in [0.25, 0.3) is 0 Å². The van der Waals surface area contributed by atoms with E-state index in [2.05, 4.69) is 5.92 Å². The number of hydrogen-bond donors (Lipinski definition) is 1. The lowest BCUT2D eigenvalue weighted by molar-refractivity contribution is -0.386. The van der Waals surface area contributed by atoms with Crippen LogP contribution in [0.1, 0.15) is 6.42 Å². The van der Waals surface area contributed by atoms with Gasteiger partial charge in [0.05, 0.1) is 11.5 Å². The first kappa shape index (κ1) is 14.9. The van der Waals surface area contributed by atoms with Crippen LogP contribution in [-0.2, 0) is 10.0 Å². The third kappa shape index (κ3) is 3.64. The molecule has 9 heteroatoms. The molecule has 2 N–H and O–H groups in total. The molecule has 0 saturated heterocycles. The van der Waals surface area contributed by atoms with Crippen molar-refractivity contribution in [2.45, 2.75) is 11.3 Å². The summed E-state index contributed by atoms with van der Waals surface area (Å²) in [6.07, 6.45) is 5.13. The Kier molecular flexibility index (Phi) is 4.42. The van der Waals surface area contributed by atoms with Gasteiger partial charge in [-0.3, -0.25) is 10.1 Å². The Morgan fingerprint density at radius 3 is 2.63 bits per heavy atom. The lowest BCUT2D eigenvalue weighted by Gasteiger charge is -2.07. The van der Waals surface area contributed by atoms with E-state index in [-0.39, 0.29) is 13.0 Å². The van der Waals surface area contributed by atoms with Crippen LogP contribution in [0.5, 0.6) is 5.75 Å². The van der Waals surface area contributed by atoms with Crippen LogP contribution in [0.15, 0.2) is 17.0 Å². The number of sulfonamides is 1. The Morgan fingerprint density at radius 1 is 1.53 bits per heavy atom. The maximum Gasteiger partial charge on any atom is 0.312 e. The van der Waals surface area contributed by atoms with E-state index in [1.165, 1.54) is 0 Å². The minimum Gasteiger partial charge on any atom is -0.486 e. The van der Waals surface area contributed by atoms with Crippen LogP contribution in [0.25, 0.3) is 0 Å². The van der Waals surface area contributed by atoms with Crippen molar-refractivity contribution in [3.63, 3.8) is 0 Å². The molecule has 7 nitrogen and oxygen atoms in total. The van der Waals surface area contributed by atoms with Gasteiger partial charge >= 0.3 is 5.69 Å². The van der Waals surface area contributed by atoms with Crippen molar-refractivity contribution in [1.82, 2.24) is 0 Å². The summed E-state index contributed by atoms with van der Waals surface area (Å²) in [5, 5.41) is 15.5. The van der Waals surface area contributed by atoms with E-state index in [0.717, 1.165) is 0 Å². The van der Waals surface area contributed by atoms with Crippen LogP contribution in [0.2, 0.25) is 0 Å². The fourth-order valence-electron chi connectivity index (χ4n) is 1.22. The molecule has 0 fully saturated rings. The van der Waals surface area contributed by atoms with Gasteiger partial charge in [-0.25, -0.2) is 17.9 Å². The molecule has 0 bridgehead atoms. The summed E-state index contributed by atoms with van der Waals surface area (Å²) in [5.74, 6) is 0.588. The third-order valence-corrected chi connectivity index (χ3v) is 2.95. The van der Waals surface area contributed by atoms with Crippen LogP contribution >= 0.6 is 0 Å². The Hall–Kier alpha value is -2.18. The van der Waals surface area contributed by atoms with Gasteiger partial charge < -0.3 is 4.74 Å². The van der Waals surface area contributed by atoms with Crippen LogP contribution < -0.4 is 9.88 Å². The number of nitrogens with two attached hydrogens (primary N) is 1. The molecule has 1 aromatic carbocycles. The Balaban J connectivity index is 3.31. The number of nitro benzene ring substituents is 1. The number of halogens is 1. The molecular formula is C10H9FN2O5S. The van der Waals surface area contributed by atoms with Gasteiger partial charge in [-0.05, 0) is 0 Å². The summed E-state index contributed by atoms with van der Waals surface area (Å²) in [7, 11) is -4.40. The summed E-state index contributed by atoms with van der Waals surface area (Å²) in [5.41, 5.74) is -0.706. The fourth-order valence-corrected chi connectivity index (χ4v) is 1.83. The smallest absolute Gasteiger partial charge is 0.312 e. The van der Waals surface area contributed by atoms with Gasteiger partial charge in [0.1, 0.15) is 10.7 Å². The normalized spacial score (nSPS) is 10.8. The summed E-state index contributed by atoms with van der Waals surface area (Å²) in [4.78, 5) is 8.90. The molecular weight excluding hydrogens is 279 g/mol. The molecule has 0 heterocycles. The maximum atomic E-state index is 13.5. The number of nitro groups is 1. The SMILES string of the molecule is C#CCCOc1cc(F)c(S(N)(=O)=O)cc1[N+](=O)[O-].